The van der Waals surface area contributed by atoms with Gasteiger partial charge in [0.15, 0.2) is 5.78 Å². The lowest BCUT2D eigenvalue weighted by molar-refractivity contribution is 0.0992. The molecule has 0 aliphatic carbocycles. The van der Waals surface area contributed by atoms with Crippen molar-refractivity contribution in [1.29, 1.82) is 0 Å². The van der Waals surface area contributed by atoms with E-state index in [4.69, 9.17) is 0 Å². The number of hydrogen-bond donors (Lipinski definition) is 0. The van der Waals surface area contributed by atoms with Gasteiger partial charge in [-0.2, -0.15) is 0 Å². The van der Waals surface area contributed by atoms with E-state index in [-0.39, 0.29) is 23.4 Å². The second-order valence-corrected chi connectivity index (χ2v) is 6.02. The van der Waals surface area contributed by atoms with Gasteiger partial charge in [0.25, 0.3) is 0 Å². The zero-order valence-electron chi connectivity index (χ0n) is 12.1. The van der Waals surface area contributed by atoms with Crippen molar-refractivity contribution in [2.75, 3.05) is 0 Å². The summed E-state index contributed by atoms with van der Waals surface area (Å²) >= 11 is 0. The van der Waals surface area contributed by atoms with Crippen molar-refractivity contribution in [2.24, 2.45) is 0 Å². The van der Waals surface area contributed by atoms with Crippen LogP contribution in [0.5, 0.6) is 0 Å². The zero-order chi connectivity index (χ0) is 14.8. The Morgan fingerprint density at radius 1 is 1.00 bits per heavy atom. The van der Waals surface area contributed by atoms with E-state index in [9.17, 15) is 9.18 Å². The quantitative estimate of drug-likeness (QED) is 0.748. The largest absolute Gasteiger partial charge is 0.294 e. The Hall–Kier alpha value is -1.96. The lowest BCUT2D eigenvalue weighted by atomic mass is 9.86. The van der Waals surface area contributed by atoms with Crippen LogP contribution >= 0.6 is 0 Å². The van der Waals surface area contributed by atoms with Crippen LogP contribution in [-0.4, -0.2) is 5.78 Å². The van der Waals surface area contributed by atoms with Gasteiger partial charge in [-0.25, -0.2) is 4.39 Å². The summed E-state index contributed by atoms with van der Waals surface area (Å²) in [6, 6.07) is 14.0. The van der Waals surface area contributed by atoms with E-state index in [0.29, 0.717) is 11.1 Å². The van der Waals surface area contributed by atoms with E-state index in [0.717, 1.165) is 0 Å². The SMILES string of the molecule is CC(C)(C)c1ccc(C(=O)Cc2ccccc2F)cc1. The molecule has 20 heavy (non-hydrogen) atoms. The molecule has 104 valence electrons. The van der Waals surface area contributed by atoms with Crippen LogP contribution in [0.1, 0.15) is 42.3 Å². The molecule has 1 nitrogen and oxygen atoms in total. The van der Waals surface area contributed by atoms with E-state index in [1.165, 1.54) is 11.6 Å². The summed E-state index contributed by atoms with van der Waals surface area (Å²) in [5, 5.41) is 0. The van der Waals surface area contributed by atoms with Crippen LogP contribution in [0.4, 0.5) is 4.39 Å². The number of halogens is 1. The molecule has 0 aliphatic heterocycles. The smallest absolute Gasteiger partial charge is 0.167 e. The van der Waals surface area contributed by atoms with Crippen LogP contribution in [0, 0.1) is 5.82 Å². The van der Waals surface area contributed by atoms with Crippen molar-refractivity contribution in [1.82, 2.24) is 0 Å². The van der Waals surface area contributed by atoms with Gasteiger partial charge in [-0.1, -0.05) is 63.2 Å². The molecule has 0 fully saturated rings. The lowest BCUT2D eigenvalue weighted by Gasteiger charge is -2.19. The normalized spacial score (nSPS) is 11.4. The molecular formula is C18H19FO. The molecule has 2 heteroatoms. The van der Waals surface area contributed by atoms with Gasteiger partial charge < -0.3 is 0 Å². The molecule has 0 heterocycles. The van der Waals surface area contributed by atoms with Crippen LogP contribution in [0.2, 0.25) is 0 Å². The number of hydrogen-bond acceptors (Lipinski definition) is 1. The Labute approximate surface area is 119 Å². The van der Waals surface area contributed by atoms with Crippen LogP contribution < -0.4 is 0 Å². The van der Waals surface area contributed by atoms with Crippen molar-refractivity contribution in [3.05, 3.63) is 71.0 Å². The van der Waals surface area contributed by atoms with E-state index in [2.05, 4.69) is 20.8 Å². The molecule has 0 bridgehead atoms. The maximum absolute atomic E-state index is 13.5. The van der Waals surface area contributed by atoms with Crippen LogP contribution in [-0.2, 0) is 11.8 Å². The molecule has 2 aromatic carbocycles. The molecule has 2 aromatic rings. The number of ketones is 1. The third kappa shape index (κ3) is 3.32. The van der Waals surface area contributed by atoms with Crippen molar-refractivity contribution in [3.63, 3.8) is 0 Å². The number of benzene rings is 2. The first-order chi connectivity index (χ1) is 9.38. The van der Waals surface area contributed by atoms with Crippen LogP contribution in [0.25, 0.3) is 0 Å². The third-order valence-corrected chi connectivity index (χ3v) is 3.38. The van der Waals surface area contributed by atoms with Gasteiger partial charge in [0, 0.05) is 12.0 Å². The van der Waals surface area contributed by atoms with Crippen molar-refractivity contribution < 1.29 is 9.18 Å². The lowest BCUT2D eigenvalue weighted by Crippen LogP contribution is -2.11. The Kier molecular flexibility index (Phi) is 4.03. The van der Waals surface area contributed by atoms with Crippen LogP contribution in [0.3, 0.4) is 0 Å². The van der Waals surface area contributed by atoms with Gasteiger partial charge in [0.1, 0.15) is 5.82 Å². The molecule has 0 saturated carbocycles. The second kappa shape index (κ2) is 5.58. The first kappa shape index (κ1) is 14.4. The van der Waals surface area contributed by atoms with Crippen molar-refractivity contribution in [2.45, 2.75) is 32.6 Å². The molecule has 0 spiro atoms. The standard InChI is InChI=1S/C18H19FO/c1-18(2,3)15-10-8-13(9-11-15)17(20)12-14-6-4-5-7-16(14)19/h4-11H,12H2,1-3H3. The minimum Gasteiger partial charge on any atom is -0.294 e. The van der Waals surface area contributed by atoms with Gasteiger partial charge in [0.2, 0.25) is 0 Å². The molecule has 2 rings (SSSR count). The first-order valence-corrected chi connectivity index (χ1v) is 6.75. The minimum absolute atomic E-state index is 0.0597. The first-order valence-electron chi connectivity index (χ1n) is 6.75. The molecule has 0 unspecified atom stereocenters. The highest BCUT2D eigenvalue weighted by atomic mass is 19.1. The zero-order valence-corrected chi connectivity index (χ0v) is 12.1. The second-order valence-electron chi connectivity index (χ2n) is 6.02. The molecule has 0 N–H and O–H groups in total. The Morgan fingerprint density at radius 3 is 2.15 bits per heavy atom. The predicted molar refractivity (Wildman–Crippen MR) is 79.6 cm³/mol. The highest BCUT2D eigenvalue weighted by molar-refractivity contribution is 5.97. The number of carbonyl (C=O) groups is 1. The maximum atomic E-state index is 13.5. The average Bonchev–Trinajstić information content (AvgIpc) is 2.40. The van der Waals surface area contributed by atoms with E-state index >= 15 is 0 Å². The fourth-order valence-electron chi connectivity index (χ4n) is 2.07. The van der Waals surface area contributed by atoms with Gasteiger partial charge in [-0.3, -0.25) is 4.79 Å². The summed E-state index contributed by atoms with van der Waals surface area (Å²) in [6.07, 6.45) is 0.0987. The molecule has 0 aromatic heterocycles. The summed E-state index contributed by atoms with van der Waals surface area (Å²) in [7, 11) is 0. The minimum atomic E-state index is -0.327. The summed E-state index contributed by atoms with van der Waals surface area (Å²) < 4.78 is 13.5. The highest BCUT2D eigenvalue weighted by Crippen LogP contribution is 2.22. The summed E-state index contributed by atoms with van der Waals surface area (Å²) in [4.78, 5) is 12.2. The van der Waals surface area contributed by atoms with Gasteiger partial charge in [-0.15, -0.1) is 0 Å². The van der Waals surface area contributed by atoms with E-state index in [1.807, 2.05) is 24.3 Å². The fraction of sp³-hybridized carbons (Fsp3) is 0.278. The topological polar surface area (TPSA) is 17.1 Å². The summed E-state index contributed by atoms with van der Waals surface area (Å²) in [5.41, 5.74) is 2.31. The molecular weight excluding hydrogens is 251 g/mol. The Balaban J connectivity index is 2.16. The summed E-state index contributed by atoms with van der Waals surface area (Å²) in [6.45, 7) is 6.38. The summed E-state index contributed by atoms with van der Waals surface area (Å²) in [5.74, 6) is -0.386. The Morgan fingerprint density at radius 2 is 1.60 bits per heavy atom. The average molecular weight is 270 g/mol. The predicted octanol–water partition coefficient (Wildman–Crippen LogP) is 4.55. The van der Waals surface area contributed by atoms with E-state index in [1.54, 1.807) is 18.2 Å². The molecule has 0 radical (unpaired) electrons. The van der Waals surface area contributed by atoms with Gasteiger partial charge in [-0.05, 0) is 22.6 Å². The molecule has 0 saturated heterocycles. The highest BCUT2D eigenvalue weighted by Gasteiger charge is 2.15. The van der Waals surface area contributed by atoms with Crippen molar-refractivity contribution in [3.8, 4) is 0 Å². The molecule has 0 atom stereocenters. The fourth-order valence-corrected chi connectivity index (χ4v) is 2.07. The third-order valence-electron chi connectivity index (χ3n) is 3.38. The Bertz CT molecular complexity index is 606. The van der Waals surface area contributed by atoms with Gasteiger partial charge >= 0.3 is 0 Å². The van der Waals surface area contributed by atoms with E-state index < -0.39 is 0 Å². The number of rotatable bonds is 3. The van der Waals surface area contributed by atoms with Gasteiger partial charge in [0.05, 0.1) is 0 Å². The van der Waals surface area contributed by atoms with Crippen molar-refractivity contribution >= 4 is 5.78 Å². The number of carbonyl (C=O) groups excluding carboxylic acids is 1. The maximum Gasteiger partial charge on any atom is 0.167 e. The number of Topliss-reactive ketones (excluding diaryl/α,β-unsaturated/α-hetero) is 1. The van der Waals surface area contributed by atoms with Crippen LogP contribution in [0.15, 0.2) is 48.5 Å². The molecule has 0 aliphatic rings. The monoisotopic (exact) mass is 270 g/mol. The molecule has 0 amide bonds.